The van der Waals surface area contributed by atoms with Crippen molar-refractivity contribution >= 4 is 38.3 Å². The van der Waals surface area contributed by atoms with Gasteiger partial charge in [0.05, 0.1) is 24.3 Å². The molecule has 1 aromatic rings. The van der Waals surface area contributed by atoms with Crippen LogP contribution in [0.2, 0.25) is 0 Å². The van der Waals surface area contributed by atoms with E-state index in [1.165, 1.54) is 6.07 Å². The van der Waals surface area contributed by atoms with E-state index in [9.17, 15) is 18.0 Å². The van der Waals surface area contributed by atoms with Gasteiger partial charge in [-0.2, -0.15) is 0 Å². The Morgan fingerprint density at radius 3 is 2.65 bits per heavy atom. The molecule has 0 saturated carbocycles. The number of sulfonamides is 1. The Balaban J connectivity index is 2.92. The normalized spacial score (nSPS) is 11.1. The Morgan fingerprint density at radius 1 is 1.45 bits per heavy atom. The highest BCUT2D eigenvalue weighted by atomic mass is 32.2. The van der Waals surface area contributed by atoms with Crippen LogP contribution in [0.15, 0.2) is 6.07 Å². The lowest BCUT2D eigenvalue weighted by Crippen LogP contribution is -2.19. The van der Waals surface area contributed by atoms with Crippen LogP contribution in [0.25, 0.3) is 0 Å². The predicted molar refractivity (Wildman–Crippen MR) is 74.7 cm³/mol. The number of anilines is 1. The number of aryl methyl sites for hydroxylation is 1. The van der Waals surface area contributed by atoms with Crippen LogP contribution < -0.4 is 4.72 Å². The van der Waals surface area contributed by atoms with Gasteiger partial charge >= 0.3 is 11.9 Å². The van der Waals surface area contributed by atoms with Crippen LogP contribution in [0, 0.1) is 6.92 Å². The lowest BCUT2D eigenvalue weighted by molar-refractivity contribution is -0.136. The molecule has 1 heterocycles. The molecule has 0 amide bonds. The Hall–Kier alpha value is -1.61. The van der Waals surface area contributed by atoms with Crippen molar-refractivity contribution in [3.05, 3.63) is 16.5 Å². The van der Waals surface area contributed by atoms with Gasteiger partial charge in [-0.25, -0.2) is 13.2 Å². The lowest BCUT2D eigenvalue weighted by Gasteiger charge is -2.07. The van der Waals surface area contributed by atoms with E-state index >= 15 is 0 Å². The summed E-state index contributed by atoms with van der Waals surface area (Å²) in [6.45, 7) is 3.55. The molecule has 0 unspecified atom stereocenters. The molecule has 9 heteroatoms. The van der Waals surface area contributed by atoms with Crippen LogP contribution in [0.3, 0.4) is 0 Å². The van der Waals surface area contributed by atoms with E-state index in [-0.39, 0.29) is 17.2 Å². The number of ether oxygens (including phenoxy) is 1. The highest BCUT2D eigenvalue weighted by molar-refractivity contribution is 7.92. The third-order valence-electron chi connectivity index (χ3n) is 2.18. The van der Waals surface area contributed by atoms with E-state index in [4.69, 9.17) is 9.84 Å². The first-order valence-corrected chi connectivity index (χ1v) is 8.22. The maximum atomic E-state index is 11.7. The van der Waals surface area contributed by atoms with Crippen molar-refractivity contribution in [3.8, 4) is 0 Å². The summed E-state index contributed by atoms with van der Waals surface area (Å²) in [5.74, 6) is -2.38. The second kappa shape index (κ2) is 6.71. The lowest BCUT2D eigenvalue weighted by atomic mass is 10.3. The Bertz CT molecular complexity index is 604. The predicted octanol–water partition coefficient (Wildman–Crippen LogP) is 1.45. The van der Waals surface area contributed by atoms with Crippen molar-refractivity contribution in [1.29, 1.82) is 0 Å². The Kier molecular flexibility index (Phi) is 5.52. The number of nitrogens with one attached hydrogen (secondary N) is 1. The van der Waals surface area contributed by atoms with Gasteiger partial charge in [-0.05, 0) is 19.9 Å². The first-order chi connectivity index (χ1) is 9.25. The second-order valence-corrected chi connectivity index (χ2v) is 6.98. The van der Waals surface area contributed by atoms with Gasteiger partial charge in [0.1, 0.15) is 5.00 Å². The van der Waals surface area contributed by atoms with Gasteiger partial charge in [0.25, 0.3) is 0 Å². The molecule has 0 aliphatic carbocycles. The average Bonchev–Trinajstić information content (AvgIpc) is 2.67. The maximum Gasteiger partial charge on any atom is 0.341 e. The summed E-state index contributed by atoms with van der Waals surface area (Å²) in [4.78, 5) is 22.8. The highest BCUT2D eigenvalue weighted by Crippen LogP contribution is 2.29. The molecule has 20 heavy (non-hydrogen) atoms. The number of aliphatic carboxylic acids is 1. The fraction of sp³-hybridized carbons (Fsp3) is 0.455. The summed E-state index contributed by atoms with van der Waals surface area (Å²) >= 11 is 1.09. The van der Waals surface area contributed by atoms with Gasteiger partial charge in [0.2, 0.25) is 10.0 Å². The fourth-order valence-corrected chi connectivity index (χ4v) is 3.60. The zero-order chi connectivity index (χ0) is 15.3. The van der Waals surface area contributed by atoms with Crippen molar-refractivity contribution < 1.29 is 27.9 Å². The molecule has 0 aliphatic heterocycles. The molecule has 1 rings (SSSR count). The first kappa shape index (κ1) is 16.4. The monoisotopic (exact) mass is 321 g/mol. The molecule has 1 aromatic heterocycles. The Morgan fingerprint density at radius 2 is 2.10 bits per heavy atom. The van der Waals surface area contributed by atoms with E-state index in [1.54, 1.807) is 13.8 Å². The second-order valence-electron chi connectivity index (χ2n) is 3.88. The van der Waals surface area contributed by atoms with Crippen LogP contribution >= 0.6 is 11.3 Å². The minimum atomic E-state index is -3.82. The number of carbonyl (C=O) groups excluding carboxylic acids is 1. The van der Waals surface area contributed by atoms with E-state index in [2.05, 4.69) is 4.72 Å². The molecular weight excluding hydrogens is 306 g/mol. The number of hydrogen-bond acceptors (Lipinski definition) is 6. The summed E-state index contributed by atoms with van der Waals surface area (Å²) < 4.78 is 30.5. The zero-order valence-electron chi connectivity index (χ0n) is 11.0. The van der Waals surface area contributed by atoms with Crippen molar-refractivity contribution in [2.75, 3.05) is 17.1 Å². The number of carboxylic acid groups (broad SMARTS) is 1. The molecule has 0 spiro atoms. The SMILES string of the molecule is CCOC(=O)c1cc(C)sc1NS(=O)(=O)CCC(=O)O. The molecule has 0 atom stereocenters. The summed E-state index contributed by atoms with van der Waals surface area (Å²) in [5.41, 5.74) is 0.133. The molecule has 0 aromatic carbocycles. The van der Waals surface area contributed by atoms with Gasteiger partial charge in [-0.1, -0.05) is 0 Å². The molecule has 0 saturated heterocycles. The van der Waals surface area contributed by atoms with Gasteiger partial charge < -0.3 is 9.84 Å². The van der Waals surface area contributed by atoms with Gasteiger partial charge in [-0.15, -0.1) is 11.3 Å². The van der Waals surface area contributed by atoms with E-state index in [1.807, 2.05) is 0 Å². The van der Waals surface area contributed by atoms with Crippen molar-refractivity contribution in [2.45, 2.75) is 20.3 Å². The van der Waals surface area contributed by atoms with E-state index in [0.29, 0.717) is 0 Å². The van der Waals surface area contributed by atoms with Gasteiger partial charge in [0, 0.05) is 4.88 Å². The van der Waals surface area contributed by atoms with E-state index in [0.717, 1.165) is 16.2 Å². The Labute approximate surface area is 120 Å². The van der Waals surface area contributed by atoms with Crippen molar-refractivity contribution in [3.63, 3.8) is 0 Å². The topological polar surface area (TPSA) is 110 Å². The summed E-state index contributed by atoms with van der Waals surface area (Å²) in [6.07, 6.45) is -0.506. The summed E-state index contributed by atoms with van der Waals surface area (Å²) in [5, 5.41) is 8.64. The molecule has 0 aliphatic rings. The molecule has 0 bridgehead atoms. The smallest absolute Gasteiger partial charge is 0.341 e. The van der Waals surface area contributed by atoms with E-state index < -0.39 is 34.1 Å². The number of esters is 1. The number of carbonyl (C=O) groups is 2. The zero-order valence-corrected chi connectivity index (χ0v) is 12.6. The number of carboxylic acids is 1. The van der Waals surface area contributed by atoms with Crippen LogP contribution in [-0.4, -0.2) is 37.8 Å². The maximum absolute atomic E-state index is 11.7. The summed E-state index contributed by atoms with van der Waals surface area (Å²) in [7, 11) is -3.82. The minimum absolute atomic E-state index is 0.133. The molecule has 0 fully saturated rings. The highest BCUT2D eigenvalue weighted by Gasteiger charge is 2.21. The van der Waals surface area contributed by atoms with Crippen LogP contribution in [0.1, 0.15) is 28.6 Å². The van der Waals surface area contributed by atoms with Crippen LogP contribution in [-0.2, 0) is 19.6 Å². The third kappa shape index (κ3) is 4.82. The van der Waals surface area contributed by atoms with Crippen LogP contribution in [0.4, 0.5) is 5.00 Å². The van der Waals surface area contributed by atoms with Crippen molar-refractivity contribution in [1.82, 2.24) is 0 Å². The van der Waals surface area contributed by atoms with Gasteiger partial charge in [-0.3, -0.25) is 9.52 Å². The number of thiophene rings is 1. The first-order valence-electron chi connectivity index (χ1n) is 5.75. The number of rotatable bonds is 7. The quantitative estimate of drug-likeness (QED) is 0.736. The molecular formula is C11H15NO6S2. The molecule has 0 radical (unpaired) electrons. The average molecular weight is 321 g/mol. The molecule has 2 N–H and O–H groups in total. The standard InChI is InChI=1S/C11H15NO6S2/c1-3-18-11(15)8-6-7(2)19-10(8)12-20(16,17)5-4-9(13)14/h6,12H,3-5H2,1-2H3,(H,13,14). The van der Waals surface area contributed by atoms with Crippen LogP contribution in [0.5, 0.6) is 0 Å². The molecule has 112 valence electrons. The molecule has 7 nitrogen and oxygen atoms in total. The largest absolute Gasteiger partial charge is 0.481 e. The minimum Gasteiger partial charge on any atom is -0.481 e. The summed E-state index contributed by atoms with van der Waals surface area (Å²) in [6, 6.07) is 1.53. The number of hydrogen-bond donors (Lipinski definition) is 2. The van der Waals surface area contributed by atoms with Gasteiger partial charge in [0.15, 0.2) is 0 Å². The van der Waals surface area contributed by atoms with Crippen molar-refractivity contribution in [2.24, 2.45) is 0 Å². The third-order valence-corrected chi connectivity index (χ3v) is 4.54. The fourth-order valence-electron chi connectivity index (χ4n) is 1.36.